The van der Waals surface area contributed by atoms with Crippen LogP contribution in [0.1, 0.15) is 188 Å². The average Bonchev–Trinajstić information content (AvgIpc) is 3.23. The summed E-state index contributed by atoms with van der Waals surface area (Å²) >= 11 is 0. The molecular weight excluding hydrogens is 808 g/mol. The van der Waals surface area contributed by atoms with Gasteiger partial charge in [-0.15, -0.1) is 0 Å². The highest BCUT2D eigenvalue weighted by molar-refractivity contribution is 7.45. The highest BCUT2D eigenvalue weighted by atomic mass is 31.2. The van der Waals surface area contributed by atoms with E-state index in [2.05, 4.69) is 80.8 Å². The second-order valence-electron chi connectivity index (χ2n) is 17.7. The molecular formula is C53H93N2O7P. The topological polar surface area (TPSA) is 114 Å². The first-order valence-electron chi connectivity index (χ1n) is 25.0. The third-order valence-corrected chi connectivity index (χ3v) is 11.4. The van der Waals surface area contributed by atoms with E-state index in [0.717, 1.165) is 96.3 Å². The fraction of sp³-hybridized carbons (Fsp3) is 0.698. The highest BCUT2D eigenvalue weighted by Crippen LogP contribution is 2.38. The summed E-state index contributed by atoms with van der Waals surface area (Å²) in [6, 6.07) is -0.908. The predicted octanol–water partition coefficient (Wildman–Crippen LogP) is 13.7. The van der Waals surface area contributed by atoms with E-state index in [9.17, 15) is 19.0 Å². The number of unbranched alkanes of at least 4 members (excludes halogenated alkanes) is 19. The third-order valence-electron chi connectivity index (χ3n) is 10.4. The van der Waals surface area contributed by atoms with Crippen molar-refractivity contribution in [3.8, 4) is 0 Å². The van der Waals surface area contributed by atoms with E-state index < -0.39 is 26.6 Å². The molecule has 10 heteroatoms. The Morgan fingerprint density at radius 3 is 1.51 bits per heavy atom. The maximum atomic E-state index is 13.4. The molecule has 0 bridgehead atoms. The van der Waals surface area contributed by atoms with Crippen LogP contribution in [0.5, 0.6) is 0 Å². The Bertz CT molecular complexity index is 1360. The van der Waals surface area contributed by atoms with E-state index in [1.807, 2.05) is 45.4 Å². The first-order valence-corrected chi connectivity index (χ1v) is 26.4. The summed E-state index contributed by atoms with van der Waals surface area (Å²) in [5.74, 6) is -0.600. The van der Waals surface area contributed by atoms with Crippen LogP contribution < -0.4 is 10.2 Å². The van der Waals surface area contributed by atoms with Crippen molar-refractivity contribution >= 4 is 19.7 Å². The predicted molar refractivity (Wildman–Crippen MR) is 265 cm³/mol. The molecule has 0 aromatic carbocycles. The number of nitrogens with zero attached hydrogens (tertiary/aromatic N) is 1. The number of allylic oxidation sites excluding steroid dienone is 13. The Morgan fingerprint density at radius 2 is 1.02 bits per heavy atom. The van der Waals surface area contributed by atoms with Crippen molar-refractivity contribution in [3.05, 3.63) is 85.1 Å². The molecule has 0 aromatic heterocycles. The minimum Gasteiger partial charge on any atom is -0.756 e. The molecule has 3 atom stereocenters. The van der Waals surface area contributed by atoms with Crippen molar-refractivity contribution < 1.29 is 37.3 Å². The fourth-order valence-electron chi connectivity index (χ4n) is 6.58. The number of amides is 1. The lowest BCUT2D eigenvalue weighted by molar-refractivity contribution is -0.870. The van der Waals surface area contributed by atoms with Crippen LogP contribution in [0.25, 0.3) is 0 Å². The van der Waals surface area contributed by atoms with Gasteiger partial charge in [-0.25, -0.2) is 0 Å². The summed E-state index contributed by atoms with van der Waals surface area (Å²) in [6.45, 7) is 6.50. The summed E-state index contributed by atoms with van der Waals surface area (Å²) in [4.78, 5) is 39.6. The number of carbonyl (C=O) groups excluding carboxylic acids is 2. The first kappa shape index (κ1) is 60.2. The third kappa shape index (κ3) is 44.2. The number of hydrogen-bond acceptors (Lipinski definition) is 7. The SMILES string of the molecule is CC/C=C/C=C/C=C\CCCCCCCC(=O)NC(COP(=O)([O-])OCC[N+](C)(C)C)C(/C=C/CCCCCCCCCCC)OC(=O)CCCCCCC\C=C/C=C/C=C/CC. The Morgan fingerprint density at radius 1 is 0.571 bits per heavy atom. The maximum Gasteiger partial charge on any atom is 0.306 e. The van der Waals surface area contributed by atoms with Crippen LogP contribution in [0.15, 0.2) is 85.1 Å². The standard InChI is InChI=1S/C53H93N2O7P/c1-7-10-13-16-19-22-25-27-30-33-36-39-42-45-52(56)54-50(49-61-63(58,59)60-48-47-55(4,5)6)51(44-41-38-35-32-29-24-21-18-15-12-9-3)62-53(57)46-43-40-37-34-31-28-26-23-20-17-14-11-8-2/h10-11,13-14,16-17,19-20,22-23,25-26,41,44,50-51H,7-9,12,15,18,21,24,27-40,42-43,45-49H2,1-6H3,(H-,54,56,58,59)/b13-10+,14-11+,19-16+,20-17+,25-22-,26-23-,44-41+. The number of carbonyl (C=O) groups is 2. The monoisotopic (exact) mass is 901 g/mol. The lowest BCUT2D eigenvalue weighted by Gasteiger charge is -2.30. The van der Waals surface area contributed by atoms with Gasteiger partial charge in [0.15, 0.2) is 0 Å². The normalized spacial score (nSPS) is 14.7. The second-order valence-corrected chi connectivity index (χ2v) is 19.1. The van der Waals surface area contributed by atoms with Gasteiger partial charge < -0.3 is 28.5 Å². The van der Waals surface area contributed by atoms with E-state index in [0.29, 0.717) is 23.9 Å². The summed E-state index contributed by atoms with van der Waals surface area (Å²) < 4.78 is 30.0. The maximum absolute atomic E-state index is 13.4. The molecule has 0 aliphatic carbocycles. The molecule has 362 valence electrons. The van der Waals surface area contributed by atoms with Gasteiger partial charge in [-0.05, 0) is 70.3 Å². The number of rotatable bonds is 43. The van der Waals surface area contributed by atoms with E-state index in [1.165, 1.54) is 44.9 Å². The zero-order chi connectivity index (χ0) is 46.5. The van der Waals surface area contributed by atoms with Gasteiger partial charge in [0.25, 0.3) is 7.82 Å². The highest BCUT2D eigenvalue weighted by Gasteiger charge is 2.27. The Hall–Kier alpha value is -2.81. The zero-order valence-electron chi connectivity index (χ0n) is 41.0. The van der Waals surface area contributed by atoms with Gasteiger partial charge in [-0.2, -0.15) is 0 Å². The Balaban J connectivity index is 5.52. The number of quaternary nitrogens is 1. The van der Waals surface area contributed by atoms with Crippen LogP contribution in [-0.4, -0.2) is 69.4 Å². The molecule has 63 heavy (non-hydrogen) atoms. The van der Waals surface area contributed by atoms with Crippen LogP contribution in [0.2, 0.25) is 0 Å². The fourth-order valence-corrected chi connectivity index (χ4v) is 7.30. The average molecular weight is 901 g/mol. The summed E-state index contributed by atoms with van der Waals surface area (Å²) in [5, 5.41) is 2.98. The molecule has 0 spiro atoms. The Kier molecular flexibility index (Phi) is 41.2. The number of esters is 1. The molecule has 9 nitrogen and oxygen atoms in total. The molecule has 0 aromatic rings. The van der Waals surface area contributed by atoms with Crippen molar-refractivity contribution in [1.29, 1.82) is 0 Å². The zero-order valence-corrected chi connectivity index (χ0v) is 41.9. The van der Waals surface area contributed by atoms with Gasteiger partial charge >= 0.3 is 5.97 Å². The van der Waals surface area contributed by atoms with Crippen molar-refractivity contribution in [2.45, 2.75) is 200 Å². The first-order chi connectivity index (χ1) is 30.4. The molecule has 0 aliphatic heterocycles. The molecule has 1 N–H and O–H groups in total. The van der Waals surface area contributed by atoms with Crippen LogP contribution in [-0.2, 0) is 27.9 Å². The van der Waals surface area contributed by atoms with Gasteiger partial charge in [-0.1, -0.05) is 190 Å². The molecule has 0 saturated heterocycles. The van der Waals surface area contributed by atoms with E-state index in [1.54, 1.807) is 6.08 Å². The largest absolute Gasteiger partial charge is 0.756 e. The van der Waals surface area contributed by atoms with Gasteiger partial charge in [0.1, 0.15) is 19.3 Å². The molecule has 0 rings (SSSR count). The van der Waals surface area contributed by atoms with Crippen LogP contribution in [0, 0.1) is 0 Å². The minimum absolute atomic E-state index is 0.0344. The lowest BCUT2D eigenvalue weighted by Crippen LogP contribution is -2.47. The molecule has 0 aliphatic rings. The number of ether oxygens (including phenoxy) is 1. The van der Waals surface area contributed by atoms with Gasteiger partial charge in [0.2, 0.25) is 5.91 Å². The number of nitrogens with one attached hydrogen (secondary N) is 1. The quantitative estimate of drug-likeness (QED) is 0.0162. The lowest BCUT2D eigenvalue weighted by atomic mass is 10.1. The number of phosphoric acid groups is 1. The molecule has 0 fully saturated rings. The van der Waals surface area contributed by atoms with Crippen LogP contribution in [0.3, 0.4) is 0 Å². The second kappa shape index (κ2) is 43.1. The minimum atomic E-state index is -4.70. The van der Waals surface area contributed by atoms with Crippen LogP contribution >= 0.6 is 7.82 Å². The van der Waals surface area contributed by atoms with E-state index in [-0.39, 0.29) is 31.3 Å². The van der Waals surface area contributed by atoms with Crippen molar-refractivity contribution in [2.75, 3.05) is 40.9 Å². The van der Waals surface area contributed by atoms with Gasteiger partial charge in [0, 0.05) is 12.8 Å². The summed E-state index contributed by atoms with van der Waals surface area (Å²) in [6.07, 6.45) is 54.1. The smallest absolute Gasteiger partial charge is 0.306 e. The molecule has 0 saturated carbocycles. The van der Waals surface area contributed by atoms with Crippen molar-refractivity contribution in [2.24, 2.45) is 0 Å². The van der Waals surface area contributed by atoms with Gasteiger partial charge in [-0.3, -0.25) is 14.2 Å². The number of phosphoric ester groups is 1. The molecule has 0 heterocycles. The van der Waals surface area contributed by atoms with Gasteiger partial charge in [0.05, 0.1) is 33.8 Å². The molecule has 1 amide bonds. The molecule has 0 radical (unpaired) electrons. The van der Waals surface area contributed by atoms with E-state index in [4.69, 9.17) is 13.8 Å². The number of hydrogen-bond donors (Lipinski definition) is 1. The van der Waals surface area contributed by atoms with Crippen molar-refractivity contribution in [3.63, 3.8) is 0 Å². The van der Waals surface area contributed by atoms with E-state index >= 15 is 0 Å². The van der Waals surface area contributed by atoms with Crippen LogP contribution in [0.4, 0.5) is 0 Å². The number of likely N-dealkylation sites (N-methyl/N-ethyl adjacent to an activating group) is 1. The summed E-state index contributed by atoms with van der Waals surface area (Å²) in [5.41, 5.74) is 0. The van der Waals surface area contributed by atoms with Crippen molar-refractivity contribution in [1.82, 2.24) is 5.32 Å². The molecule has 3 unspecified atom stereocenters. The summed E-state index contributed by atoms with van der Waals surface area (Å²) in [7, 11) is 1.14. The Labute approximate surface area is 386 Å².